The van der Waals surface area contributed by atoms with Gasteiger partial charge >= 0.3 is 0 Å². The van der Waals surface area contributed by atoms with E-state index in [0.29, 0.717) is 5.92 Å². The molecular formula is C22H27N9. The molecule has 0 radical (unpaired) electrons. The highest BCUT2D eigenvalue weighted by molar-refractivity contribution is 5.86. The number of rotatable bonds is 5. The molecule has 31 heavy (non-hydrogen) atoms. The molecular weight excluding hydrogens is 390 g/mol. The lowest BCUT2D eigenvalue weighted by Gasteiger charge is -2.27. The van der Waals surface area contributed by atoms with E-state index in [0.717, 1.165) is 60.1 Å². The largest absolute Gasteiger partial charge is 0.364 e. The molecule has 0 saturated carbocycles. The normalized spacial score (nSPS) is 16.1. The van der Waals surface area contributed by atoms with Crippen molar-refractivity contribution in [3.63, 3.8) is 0 Å². The molecule has 160 valence electrons. The van der Waals surface area contributed by atoms with Gasteiger partial charge in [0.15, 0.2) is 17.0 Å². The van der Waals surface area contributed by atoms with Crippen molar-refractivity contribution in [2.45, 2.75) is 65.6 Å². The molecule has 0 saturated heterocycles. The third-order valence-electron chi connectivity index (χ3n) is 5.91. The van der Waals surface area contributed by atoms with Crippen LogP contribution in [-0.4, -0.2) is 45.1 Å². The molecule has 0 spiro atoms. The number of aryl methyl sites for hydroxylation is 3. The van der Waals surface area contributed by atoms with Gasteiger partial charge in [0.05, 0.1) is 5.56 Å². The summed E-state index contributed by atoms with van der Waals surface area (Å²) in [6.45, 7) is 10.0. The van der Waals surface area contributed by atoms with E-state index in [9.17, 15) is 0 Å². The molecule has 0 bridgehead atoms. The molecule has 4 aromatic heterocycles. The van der Waals surface area contributed by atoms with Gasteiger partial charge in [0.2, 0.25) is 0 Å². The number of aromatic nitrogens is 8. The molecule has 9 nitrogen and oxygen atoms in total. The van der Waals surface area contributed by atoms with Crippen LogP contribution in [0, 0.1) is 6.92 Å². The summed E-state index contributed by atoms with van der Waals surface area (Å²) in [5.74, 6) is 3.94. The zero-order valence-electron chi connectivity index (χ0n) is 18.4. The number of nitrogens with one attached hydrogen (secondary N) is 1. The number of anilines is 1. The number of hydrogen-bond acceptors (Lipinski definition) is 7. The SMILES string of the molecule is CCn1c(-c2cnc(C)nc2)nc2c(N[C@H]3CCc4ncc(C(C)C)n4C3)ncnc21. The topological polar surface area (TPSA) is 99.2 Å². The lowest BCUT2D eigenvalue weighted by Crippen LogP contribution is -2.32. The van der Waals surface area contributed by atoms with Crippen molar-refractivity contribution in [1.82, 2.24) is 39.0 Å². The molecule has 0 aromatic carbocycles. The first kappa shape index (κ1) is 19.6. The standard InChI is InChI=1S/C22H27N9/c1-5-30-21(15-8-23-14(4)24-9-15)29-19-20(26-12-27-22(19)30)28-16-6-7-18-25-10-17(13(2)3)31(18)11-16/h8-10,12-13,16H,5-7,11H2,1-4H3,(H,26,27,28)/t16-/m0/s1. The van der Waals surface area contributed by atoms with Crippen molar-refractivity contribution in [2.24, 2.45) is 0 Å². The van der Waals surface area contributed by atoms with Gasteiger partial charge in [0.25, 0.3) is 0 Å². The Hall–Kier alpha value is -3.36. The molecule has 5 rings (SSSR count). The monoisotopic (exact) mass is 417 g/mol. The molecule has 0 unspecified atom stereocenters. The smallest absolute Gasteiger partial charge is 0.165 e. The summed E-state index contributed by atoms with van der Waals surface area (Å²) in [5.41, 5.74) is 3.75. The van der Waals surface area contributed by atoms with Gasteiger partial charge in [-0.15, -0.1) is 0 Å². The Morgan fingerprint density at radius 1 is 1.10 bits per heavy atom. The van der Waals surface area contributed by atoms with Crippen molar-refractivity contribution in [3.05, 3.63) is 42.3 Å². The fourth-order valence-corrected chi connectivity index (χ4v) is 4.30. The molecule has 0 fully saturated rings. The third-order valence-corrected chi connectivity index (χ3v) is 5.91. The average molecular weight is 418 g/mol. The molecule has 0 aliphatic carbocycles. The number of nitrogens with zero attached hydrogens (tertiary/aromatic N) is 8. The summed E-state index contributed by atoms with van der Waals surface area (Å²) >= 11 is 0. The number of fused-ring (bicyclic) bond motifs is 2. The van der Waals surface area contributed by atoms with Crippen LogP contribution in [0.5, 0.6) is 0 Å². The van der Waals surface area contributed by atoms with E-state index in [-0.39, 0.29) is 6.04 Å². The molecule has 1 N–H and O–H groups in total. The van der Waals surface area contributed by atoms with E-state index in [1.165, 1.54) is 11.5 Å². The summed E-state index contributed by atoms with van der Waals surface area (Å²) in [4.78, 5) is 27.3. The van der Waals surface area contributed by atoms with Gasteiger partial charge in [-0.2, -0.15) is 0 Å². The minimum absolute atomic E-state index is 0.259. The third kappa shape index (κ3) is 3.43. The summed E-state index contributed by atoms with van der Waals surface area (Å²) in [6, 6.07) is 0.259. The highest BCUT2D eigenvalue weighted by Gasteiger charge is 2.24. The van der Waals surface area contributed by atoms with Gasteiger partial charge < -0.3 is 14.5 Å². The fourth-order valence-electron chi connectivity index (χ4n) is 4.30. The first-order chi connectivity index (χ1) is 15.0. The predicted octanol–water partition coefficient (Wildman–Crippen LogP) is 3.36. The van der Waals surface area contributed by atoms with Crippen molar-refractivity contribution >= 4 is 17.0 Å². The molecule has 1 atom stereocenters. The van der Waals surface area contributed by atoms with E-state index in [4.69, 9.17) is 4.98 Å². The Balaban J connectivity index is 1.49. The van der Waals surface area contributed by atoms with Crippen LogP contribution in [0.3, 0.4) is 0 Å². The van der Waals surface area contributed by atoms with Gasteiger partial charge in [-0.1, -0.05) is 13.8 Å². The van der Waals surface area contributed by atoms with Crippen LogP contribution in [0.2, 0.25) is 0 Å². The second kappa shape index (κ2) is 7.72. The van der Waals surface area contributed by atoms with E-state index in [2.05, 4.69) is 60.1 Å². The first-order valence-corrected chi connectivity index (χ1v) is 10.9. The van der Waals surface area contributed by atoms with E-state index in [1.807, 2.05) is 25.5 Å². The Morgan fingerprint density at radius 2 is 1.90 bits per heavy atom. The summed E-state index contributed by atoms with van der Waals surface area (Å²) in [7, 11) is 0. The lowest BCUT2D eigenvalue weighted by atomic mass is 10.1. The first-order valence-electron chi connectivity index (χ1n) is 10.9. The van der Waals surface area contributed by atoms with Gasteiger partial charge in [-0.25, -0.2) is 29.9 Å². The maximum Gasteiger partial charge on any atom is 0.165 e. The molecule has 0 amide bonds. The summed E-state index contributed by atoms with van der Waals surface area (Å²) < 4.78 is 4.44. The second-order valence-corrected chi connectivity index (χ2v) is 8.34. The van der Waals surface area contributed by atoms with Crippen molar-refractivity contribution in [1.29, 1.82) is 0 Å². The van der Waals surface area contributed by atoms with Gasteiger partial charge in [-0.3, -0.25) is 0 Å². The van der Waals surface area contributed by atoms with E-state index < -0.39 is 0 Å². The summed E-state index contributed by atoms with van der Waals surface area (Å²) in [6.07, 6.45) is 9.21. The molecule has 1 aliphatic heterocycles. The van der Waals surface area contributed by atoms with Crippen LogP contribution < -0.4 is 5.32 Å². The summed E-state index contributed by atoms with van der Waals surface area (Å²) in [5, 5.41) is 3.64. The Kier molecular flexibility index (Phi) is 4.88. The van der Waals surface area contributed by atoms with Crippen LogP contribution in [0.15, 0.2) is 24.9 Å². The lowest BCUT2D eigenvalue weighted by molar-refractivity contribution is 0.460. The minimum Gasteiger partial charge on any atom is -0.364 e. The van der Waals surface area contributed by atoms with Crippen molar-refractivity contribution in [3.8, 4) is 11.4 Å². The van der Waals surface area contributed by atoms with Crippen LogP contribution in [-0.2, 0) is 19.5 Å². The maximum absolute atomic E-state index is 4.91. The van der Waals surface area contributed by atoms with E-state index in [1.54, 1.807) is 6.33 Å². The van der Waals surface area contributed by atoms with Crippen LogP contribution in [0.25, 0.3) is 22.6 Å². The molecule has 9 heteroatoms. The van der Waals surface area contributed by atoms with Crippen LogP contribution in [0.1, 0.15) is 50.5 Å². The Morgan fingerprint density at radius 3 is 2.65 bits per heavy atom. The van der Waals surface area contributed by atoms with E-state index >= 15 is 0 Å². The van der Waals surface area contributed by atoms with Crippen LogP contribution in [0.4, 0.5) is 5.82 Å². The van der Waals surface area contributed by atoms with Gasteiger partial charge in [0.1, 0.15) is 23.8 Å². The fraction of sp³-hybridized carbons (Fsp3) is 0.455. The van der Waals surface area contributed by atoms with Gasteiger partial charge in [-0.05, 0) is 26.2 Å². The Labute approximate surface area is 181 Å². The van der Waals surface area contributed by atoms with Crippen molar-refractivity contribution in [2.75, 3.05) is 5.32 Å². The maximum atomic E-state index is 4.91. The number of imidazole rings is 2. The number of hydrogen-bond donors (Lipinski definition) is 1. The second-order valence-electron chi connectivity index (χ2n) is 8.34. The molecule has 4 aromatic rings. The highest BCUT2D eigenvalue weighted by Crippen LogP contribution is 2.28. The average Bonchev–Trinajstić information content (AvgIpc) is 3.36. The molecule has 5 heterocycles. The molecule has 1 aliphatic rings. The quantitative estimate of drug-likeness (QED) is 0.531. The van der Waals surface area contributed by atoms with Crippen LogP contribution >= 0.6 is 0 Å². The zero-order chi connectivity index (χ0) is 21.5. The van der Waals surface area contributed by atoms with Crippen molar-refractivity contribution < 1.29 is 0 Å². The van der Waals surface area contributed by atoms with Gasteiger partial charge in [0, 0.05) is 49.8 Å². The Bertz CT molecular complexity index is 1220. The highest BCUT2D eigenvalue weighted by atomic mass is 15.2. The predicted molar refractivity (Wildman–Crippen MR) is 119 cm³/mol. The zero-order valence-corrected chi connectivity index (χ0v) is 18.4. The minimum atomic E-state index is 0.259.